The monoisotopic (exact) mass is 838 g/mol. The van der Waals surface area contributed by atoms with E-state index in [2.05, 4.69) is 56.5 Å². The van der Waals surface area contributed by atoms with E-state index in [1.54, 1.807) is 0 Å². The largest absolute Gasteiger partial charge is 0.462 e. The molecule has 0 spiro atoms. The van der Waals surface area contributed by atoms with Gasteiger partial charge in [0, 0.05) is 6.42 Å². The van der Waals surface area contributed by atoms with Gasteiger partial charge in [0.15, 0.2) is 0 Å². The average molecular weight is 838 g/mol. The molecule has 0 fully saturated rings. The first-order valence-corrected chi connectivity index (χ1v) is 25.2. The Balaban J connectivity index is 4.57. The number of carbonyl (C=O) groups excluding carboxylic acids is 2. The number of ether oxygens (including phenoxy) is 1. The van der Waals surface area contributed by atoms with Crippen molar-refractivity contribution in [2.75, 3.05) is 6.61 Å². The zero-order valence-corrected chi connectivity index (χ0v) is 39.3. The summed E-state index contributed by atoms with van der Waals surface area (Å²) < 4.78 is 5.89. The van der Waals surface area contributed by atoms with Crippen LogP contribution in [0, 0.1) is 0 Å². The lowest BCUT2D eigenvalue weighted by Crippen LogP contribution is -2.46. The SMILES string of the molecule is CC/C=C/C=C/C=C\C=C/C=C/CCCCCC(=O)OC(CCCCC/C=C\CCCCC)CC(=O)NC(CO)C(O)CCCCCCCCCCCCCCCCCC. The Labute approximate surface area is 371 Å². The van der Waals surface area contributed by atoms with Crippen molar-refractivity contribution in [2.45, 2.75) is 251 Å². The highest BCUT2D eigenvalue weighted by Gasteiger charge is 2.24. The number of aliphatic hydroxyl groups excluding tert-OH is 2. The number of hydrogen-bond acceptors (Lipinski definition) is 5. The number of rotatable bonds is 44. The Kier molecular flexibility index (Phi) is 45.2. The molecule has 60 heavy (non-hydrogen) atoms. The van der Waals surface area contributed by atoms with Gasteiger partial charge in [-0.25, -0.2) is 0 Å². The predicted molar refractivity (Wildman–Crippen MR) is 259 cm³/mol. The molecule has 0 radical (unpaired) electrons. The normalized spacial score (nSPS) is 13.9. The second kappa shape index (κ2) is 47.4. The lowest BCUT2D eigenvalue weighted by atomic mass is 10.0. The lowest BCUT2D eigenvalue weighted by Gasteiger charge is -2.24. The van der Waals surface area contributed by atoms with E-state index < -0.39 is 18.2 Å². The van der Waals surface area contributed by atoms with Crippen LogP contribution in [0.2, 0.25) is 0 Å². The molecule has 6 nitrogen and oxygen atoms in total. The Morgan fingerprint density at radius 2 is 0.917 bits per heavy atom. The van der Waals surface area contributed by atoms with Gasteiger partial charge in [-0.2, -0.15) is 0 Å². The summed E-state index contributed by atoms with van der Waals surface area (Å²) in [5.41, 5.74) is 0. The van der Waals surface area contributed by atoms with Gasteiger partial charge in [0.05, 0.1) is 25.2 Å². The van der Waals surface area contributed by atoms with E-state index in [1.165, 1.54) is 103 Å². The van der Waals surface area contributed by atoms with E-state index >= 15 is 0 Å². The van der Waals surface area contributed by atoms with Crippen LogP contribution >= 0.6 is 0 Å². The van der Waals surface area contributed by atoms with Gasteiger partial charge in [0.1, 0.15) is 6.10 Å². The Morgan fingerprint density at radius 3 is 1.45 bits per heavy atom. The maximum Gasteiger partial charge on any atom is 0.306 e. The summed E-state index contributed by atoms with van der Waals surface area (Å²) in [6.07, 6.45) is 59.6. The van der Waals surface area contributed by atoms with E-state index in [0.29, 0.717) is 19.3 Å². The lowest BCUT2D eigenvalue weighted by molar-refractivity contribution is -0.151. The van der Waals surface area contributed by atoms with Gasteiger partial charge in [-0.15, -0.1) is 0 Å². The van der Waals surface area contributed by atoms with Crippen LogP contribution in [-0.4, -0.2) is 46.9 Å². The number of unbranched alkanes of at least 4 members (excludes halogenated alkanes) is 24. The Bertz CT molecular complexity index is 1120. The van der Waals surface area contributed by atoms with Crippen LogP contribution in [-0.2, 0) is 14.3 Å². The summed E-state index contributed by atoms with van der Waals surface area (Å²) in [5, 5.41) is 23.7. The van der Waals surface area contributed by atoms with E-state index in [9.17, 15) is 19.8 Å². The third-order valence-corrected chi connectivity index (χ3v) is 11.1. The molecule has 6 heteroatoms. The molecule has 3 atom stereocenters. The maximum absolute atomic E-state index is 13.2. The second-order valence-electron chi connectivity index (χ2n) is 17.0. The first-order valence-electron chi connectivity index (χ1n) is 25.2. The van der Waals surface area contributed by atoms with Gasteiger partial charge in [0.2, 0.25) is 5.91 Å². The zero-order chi connectivity index (χ0) is 43.8. The smallest absolute Gasteiger partial charge is 0.306 e. The van der Waals surface area contributed by atoms with Gasteiger partial charge in [-0.1, -0.05) is 222 Å². The second-order valence-corrected chi connectivity index (χ2v) is 17.0. The average Bonchev–Trinajstić information content (AvgIpc) is 3.24. The molecule has 0 aromatic rings. The third-order valence-electron chi connectivity index (χ3n) is 11.1. The standard InChI is InChI=1S/C54H95NO5/c1-4-7-10-13-16-19-22-24-26-28-29-31-34-37-40-43-46-52(57)51(49-56)55-53(58)48-50(45-42-39-36-33-21-18-15-12-9-6-3)60-54(59)47-44-41-38-35-32-30-27-25-23-20-17-14-11-8-5-2/h8,11,14,17-18,20-21,23,25,27,30,32,50-52,56-57H,4-7,9-10,12-13,15-16,19,22,24,26,28-29,31,33-49H2,1-3H3,(H,55,58)/b11-8+,17-14+,21-18-,23-20-,27-25-,32-30+. The van der Waals surface area contributed by atoms with E-state index in [1.807, 2.05) is 42.5 Å². The number of esters is 1. The van der Waals surface area contributed by atoms with Crippen molar-refractivity contribution in [3.05, 3.63) is 72.9 Å². The molecule has 3 unspecified atom stereocenters. The summed E-state index contributed by atoms with van der Waals surface area (Å²) in [5.74, 6) is -0.542. The Hall–Kier alpha value is -2.70. The molecule has 0 saturated heterocycles. The van der Waals surface area contributed by atoms with E-state index in [-0.39, 0.29) is 24.9 Å². The highest BCUT2D eigenvalue weighted by molar-refractivity contribution is 5.77. The molecular formula is C54H95NO5. The first kappa shape index (κ1) is 57.3. The summed E-state index contributed by atoms with van der Waals surface area (Å²) in [7, 11) is 0. The van der Waals surface area contributed by atoms with Crippen molar-refractivity contribution in [2.24, 2.45) is 0 Å². The van der Waals surface area contributed by atoms with Gasteiger partial charge in [-0.3, -0.25) is 9.59 Å². The number of amides is 1. The molecular weight excluding hydrogens is 743 g/mol. The third kappa shape index (κ3) is 42.0. The predicted octanol–water partition coefficient (Wildman–Crippen LogP) is 15.0. The number of nitrogens with one attached hydrogen (secondary N) is 1. The fraction of sp³-hybridized carbons (Fsp3) is 0.741. The molecule has 0 saturated carbocycles. The fourth-order valence-electron chi connectivity index (χ4n) is 7.33. The highest BCUT2D eigenvalue weighted by Crippen LogP contribution is 2.17. The van der Waals surface area contributed by atoms with Crippen molar-refractivity contribution >= 4 is 11.9 Å². The summed E-state index contributed by atoms with van der Waals surface area (Å²) in [6, 6.07) is -0.717. The first-order chi connectivity index (χ1) is 29.5. The van der Waals surface area contributed by atoms with E-state index in [0.717, 1.165) is 83.5 Å². The number of carbonyl (C=O) groups is 2. The van der Waals surface area contributed by atoms with Crippen molar-refractivity contribution < 1.29 is 24.5 Å². The van der Waals surface area contributed by atoms with Crippen LogP contribution in [0.15, 0.2) is 72.9 Å². The number of allylic oxidation sites excluding steroid dienone is 12. The van der Waals surface area contributed by atoms with Crippen molar-refractivity contribution in [3.63, 3.8) is 0 Å². The molecule has 0 aliphatic heterocycles. The molecule has 1 amide bonds. The van der Waals surface area contributed by atoms with Crippen LogP contribution in [0.4, 0.5) is 0 Å². The maximum atomic E-state index is 13.2. The zero-order valence-electron chi connectivity index (χ0n) is 39.3. The molecule has 0 aliphatic rings. The minimum Gasteiger partial charge on any atom is -0.462 e. The van der Waals surface area contributed by atoms with Crippen LogP contribution < -0.4 is 5.32 Å². The van der Waals surface area contributed by atoms with Crippen molar-refractivity contribution in [1.82, 2.24) is 5.32 Å². The molecule has 0 aromatic carbocycles. The minimum absolute atomic E-state index is 0.0467. The van der Waals surface area contributed by atoms with Gasteiger partial charge in [-0.05, 0) is 70.6 Å². The molecule has 3 N–H and O–H groups in total. The van der Waals surface area contributed by atoms with Crippen LogP contribution in [0.25, 0.3) is 0 Å². The van der Waals surface area contributed by atoms with Crippen LogP contribution in [0.1, 0.15) is 233 Å². The van der Waals surface area contributed by atoms with Gasteiger partial charge < -0.3 is 20.3 Å². The number of aliphatic hydroxyl groups is 2. The number of hydrogen-bond donors (Lipinski definition) is 3. The summed E-state index contributed by atoms with van der Waals surface area (Å²) in [4.78, 5) is 26.1. The molecule has 0 bridgehead atoms. The molecule has 0 aromatic heterocycles. The summed E-state index contributed by atoms with van der Waals surface area (Å²) >= 11 is 0. The van der Waals surface area contributed by atoms with Crippen LogP contribution in [0.3, 0.4) is 0 Å². The van der Waals surface area contributed by atoms with Crippen LogP contribution in [0.5, 0.6) is 0 Å². The van der Waals surface area contributed by atoms with Crippen molar-refractivity contribution in [1.29, 1.82) is 0 Å². The molecule has 0 aliphatic carbocycles. The van der Waals surface area contributed by atoms with E-state index in [4.69, 9.17) is 4.74 Å². The molecule has 0 rings (SSSR count). The quantitative estimate of drug-likeness (QED) is 0.0246. The van der Waals surface area contributed by atoms with Crippen molar-refractivity contribution in [3.8, 4) is 0 Å². The summed E-state index contributed by atoms with van der Waals surface area (Å²) in [6.45, 7) is 6.30. The molecule has 346 valence electrons. The topological polar surface area (TPSA) is 95.9 Å². The highest BCUT2D eigenvalue weighted by atomic mass is 16.5. The Morgan fingerprint density at radius 1 is 0.500 bits per heavy atom. The van der Waals surface area contributed by atoms with Gasteiger partial charge in [0.25, 0.3) is 0 Å². The molecule has 0 heterocycles. The van der Waals surface area contributed by atoms with Gasteiger partial charge >= 0.3 is 5.97 Å². The minimum atomic E-state index is -0.801. The fourth-order valence-corrected chi connectivity index (χ4v) is 7.33.